The third kappa shape index (κ3) is 6.44. The van der Waals surface area contributed by atoms with Crippen LogP contribution in [0.2, 0.25) is 0 Å². The van der Waals surface area contributed by atoms with E-state index >= 15 is 0 Å². The maximum absolute atomic E-state index is 11.3. The monoisotopic (exact) mass is 295 g/mol. The Hall–Kier alpha value is -1.00. The standard InChI is InChI=1S/C16H25NO2S/c1-5-19-16(18)11-20-15-7-6-14(13(4)8-15)10-17-9-12(2)3/h6-8,12,17H,5,9-11H2,1-4H3. The molecule has 0 amide bonds. The minimum Gasteiger partial charge on any atom is -0.465 e. The van der Waals surface area contributed by atoms with Gasteiger partial charge in [0.25, 0.3) is 0 Å². The molecule has 112 valence electrons. The van der Waals surface area contributed by atoms with Crippen molar-refractivity contribution in [1.29, 1.82) is 0 Å². The molecule has 0 saturated carbocycles. The second-order valence-corrected chi connectivity index (χ2v) is 6.26. The Bertz CT molecular complexity index is 432. The van der Waals surface area contributed by atoms with Crippen molar-refractivity contribution in [2.75, 3.05) is 18.9 Å². The summed E-state index contributed by atoms with van der Waals surface area (Å²) >= 11 is 1.53. The second kappa shape index (κ2) is 9.03. The van der Waals surface area contributed by atoms with Crippen molar-refractivity contribution in [2.24, 2.45) is 5.92 Å². The first-order chi connectivity index (χ1) is 9.52. The Balaban J connectivity index is 2.48. The lowest BCUT2D eigenvalue weighted by molar-refractivity contribution is -0.139. The van der Waals surface area contributed by atoms with Crippen molar-refractivity contribution in [1.82, 2.24) is 5.32 Å². The second-order valence-electron chi connectivity index (χ2n) is 5.21. The van der Waals surface area contributed by atoms with E-state index in [0.29, 0.717) is 18.3 Å². The van der Waals surface area contributed by atoms with E-state index in [-0.39, 0.29) is 5.97 Å². The number of rotatable bonds is 8. The fourth-order valence-electron chi connectivity index (χ4n) is 1.80. The van der Waals surface area contributed by atoms with Gasteiger partial charge >= 0.3 is 5.97 Å². The third-order valence-electron chi connectivity index (χ3n) is 2.84. The van der Waals surface area contributed by atoms with Gasteiger partial charge in [-0.25, -0.2) is 0 Å². The molecule has 0 atom stereocenters. The molecular weight excluding hydrogens is 270 g/mol. The first-order valence-electron chi connectivity index (χ1n) is 7.11. The van der Waals surface area contributed by atoms with Crippen molar-refractivity contribution < 1.29 is 9.53 Å². The van der Waals surface area contributed by atoms with Gasteiger partial charge in [-0.05, 0) is 49.6 Å². The van der Waals surface area contributed by atoms with Crippen molar-refractivity contribution in [3.63, 3.8) is 0 Å². The molecule has 0 heterocycles. The summed E-state index contributed by atoms with van der Waals surface area (Å²) in [6.45, 7) is 10.7. The predicted molar refractivity (Wildman–Crippen MR) is 85.1 cm³/mol. The Morgan fingerprint density at radius 1 is 1.40 bits per heavy atom. The highest BCUT2D eigenvalue weighted by Crippen LogP contribution is 2.21. The van der Waals surface area contributed by atoms with E-state index in [1.54, 1.807) is 0 Å². The van der Waals surface area contributed by atoms with Crippen LogP contribution >= 0.6 is 11.8 Å². The zero-order chi connectivity index (χ0) is 15.0. The van der Waals surface area contributed by atoms with E-state index < -0.39 is 0 Å². The van der Waals surface area contributed by atoms with Crippen LogP contribution in [0.15, 0.2) is 23.1 Å². The summed E-state index contributed by atoms with van der Waals surface area (Å²) in [5.74, 6) is 0.880. The van der Waals surface area contributed by atoms with Crippen LogP contribution in [0.4, 0.5) is 0 Å². The highest BCUT2D eigenvalue weighted by Gasteiger charge is 2.05. The van der Waals surface area contributed by atoms with Crippen LogP contribution in [0, 0.1) is 12.8 Å². The normalized spacial score (nSPS) is 10.8. The van der Waals surface area contributed by atoms with Gasteiger partial charge in [0.1, 0.15) is 0 Å². The molecular formula is C16H25NO2S. The first kappa shape index (κ1) is 17.1. The van der Waals surface area contributed by atoms with E-state index in [4.69, 9.17) is 4.74 Å². The molecule has 0 saturated heterocycles. The van der Waals surface area contributed by atoms with Gasteiger partial charge in [-0.2, -0.15) is 0 Å². The molecule has 0 spiro atoms. The molecule has 1 rings (SSSR count). The average molecular weight is 295 g/mol. The summed E-state index contributed by atoms with van der Waals surface area (Å²) in [6, 6.07) is 6.34. The fraction of sp³-hybridized carbons (Fsp3) is 0.562. The topological polar surface area (TPSA) is 38.3 Å². The maximum Gasteiger partial charge on any atom is 0.316 e. The molecule has 0 aliphatic carbocycles. The fourth-order valence-corrected chi connectivity index (χ4v) is 2.59. The Morgan fingerprint density at radius 2 is 2.15 bits per heavy atom. The largest absolute Gasteiger partial charge is 0.465 e. The van der Waals surface area contributed by atoms with Gasteiger partial charge in [-0.1, -0.05) is 19.9 Å². The zero-order valence-electron chi connectivity index (χ0n) is 12.9. The molecule has 0 radical (unpaired) electrons. The minimum atomic E-state index is -0.155. The molecule has 0 bridgehead atoms. The number of carbonyl (C=O) groups is 1. The van der Waals surface area contributed by atoms with Crippen LogP contribution in [0.25, 0.3) is 0 Å². The number of hydrogen-bond acceptors (Lipinski definition) is 4. The van der Waals surface area contributed by atoms with Crippen LogP contribution in [0.3, 0.4) is 0 Å². The molecule has 1 aromatic carbocycles. The quantitative estimate of drug-likeness (QED) is 0.589. The maximum atomic E-state index is 11.3. The van der Waals surface area contributed by atoms with E-state index in [2.05, 4.69) is 44.3 Å². The number of esters is 1. The number of benzene rings is 1. The summed E-state index contributed by atoms with van der Waals surface area (Å²) in [4.78, 5) is 12.4. The number of carbonyl (C=O) groups excluding carboxylic acids is 1. The molecule has 20 heavy (non-hydrogen) atoms. The summed E-state index contributed by atoms with van der Waals surface area (Å²) in [5.41, 5.74) is 2.57. The van der Waals surface area contributed by atoms with Gasteiger partial charge in [0.05, 0.1) is 12.4 Å². The summed E-state index contributed by atoms with van der Waals surface area (Å²) < 4.78 is 4.92. The van der Waals surface area contributed by atoms with E-state index in [1.165, 1.54) is 22.9 Å². The lowest BCUT2D eigenvalue weighted by atomic mass is 10.1. The minimum absolute atomic E-state index is 0.155. The summed E-state index contributed by atoms with van der Waals surface area (Å²) in [6.07, 6.45) is 0. The van der Waals surface area contributed by atoms with Crippen molar-refractivity contribution in [3.8, 4) is 0 Å². The highest BCUT2D eigenvalue weighted by molar-refractivity contribution is 8.00. The molecule has 0 fully saturated rings. The van der Waals surface area contributed by atoms with Gasteiger partial charge in [0, 0.05) is 11.4 Å². The molecule has 0 unspecified atom stereocenters. The van der Waals surface area contributed by atoms with Gasteiger partial charge in [-0.15, -0.1) is 11.8 Å². The Labute approximate surface area is 126 Å². The van der Waals surface area contributed by atoms with Crippen molar-refractivity contribution in [3.05, 3.63) is 29.3 Å². The number of hydrogen-bond donors (Lipinski definition) is 1. The van der Waals surface area contributed by atoms with Crippen LogP contribution in [-0.2, 0) is 16.1 Å². The van der Waals surface area contributed by atoms with Crippen molar-refractivity contribution >= 4 is 17.7 Å². The highest BCUT2D eigenvalue weighted by atomic mass is 32.2. The van der Waals surface area contributed by atoms with Gasteiger partial charge in [0.2, 0.25) is 0 Å². The lowest BCUT2D eigenvalue weighted by Gasteiger charge is -2.11. The molecule has 4 heteroatoms. The number of nitrogens with one attached hydrogen (secondary N) is 1. The molecule has 0 aliphatic rings. The predicted octanol–water partition coefficient (Wildman–Crippen LogP) is 3.40. The number of aryl methyl sites for hydroxylation is 1. The number of thioether (sulfide) groups is 1. The smallest absolute Gasteiger partial charge is 0.316 e. The summed E-state index contributed by atoms with van der Waals surface area (Å²) in [7, 11) is 0. The van der Waals surface area contributed by atoms with E-state index in [0.717, 1.165) is 18.0 Å². The summed E-state index contributed by atoms with van der Waals surface area (Å²) in [5, 5.41) is 3.45. The Morgan fingerprint density at radius 3 is 2.75 bits per heavy atom. The Kier molecular flexibility index (Phi) is 7.70. The van der Waals surface area contributed by atoms with E-state index in [1.807, 2.05) is 6.92 Å². The molecule has 0 aromatic heterocycles. The van der Waals surface area contributed by atoms with Crippen LogP contribution in [0.5, 0.6) is 0 Å². The SMILES string of the molecule is CCOC(=O)CSc1ccc(CNCC(C)C)c(C)c1. The van der Waals surface area contributed by atoms with Crippen LogP contribution in [-0.4, -0.2) is 24.9 Å². The van der Waals surface area contributed by atoms with E-state index in [9.17, 15) is 4.79 Å². The van der Waals surface area contributed by atoms with Gasteiger partial charge in [0.15, 0.2) is 0 Å². The molecule has 0 aliphatic heterocycles. The van der Waals surface area contributed by atoms with Gasteiger partial charge < -0.3 is 10.1 Å². The van der Waals surface area contributed by atoms with Crippen LogP contribution < -0.4 is 5.32 Å². The van der Waals surface area contributed by atoms with Crippen molar-refractivity contribution in [2.45, 2.75) is 39.1 Å². The molecule has 1 aromatic rings. The zero-order valence-corrected chi connectivity index (χ0v) is 13.7. The van der Waals surface area contributed by atoms with Gasteiger partial charge in [-0.3, -0.25) is 4.79 Å². The molecule has 3 nitrogen and oxygen atoms in total. The average Bonchev–Trinajstić information content (AvgIpc) is 2.38. The van der Waals surface area contributed by atoms with Crippen LogP contribution in [0.1, 0.15) is 31.9 Å². The first-order valence-corrected chi connectivity index (χ1v) is 8.10. The lowest BCUT2D eigenvalue weighted by Crippen LogP contribution is -2.19. The number of ether oxygens (including phenoxy) is 1. The molecule has 1 N–H and O–H groups in total. The third-order valence-corrected chi connectivity index (χ3v) is 3.81.